The Kier molecular flexibility index (Phi) is 5.68. The third-order valence-corrected chi connectivity index (χ3v) is 5.57. The maximum absolute atomic E-state index is 12.7. The second kappa shape index (κ2) is 6.69. The summed E-state index contributed by atoms with van der Waals surface area (Å²) in [5.41, 5.74) is 0.304. The van der Waals surface area contributed by atoms with Crippen LogP contribution in [0.5, 0.6) is 0 Å². The molecule has 1 aliphatic heterocycles. The second-order valence-electron chi connectivity index (χ2n) is 4.88. The maximum Gasteiger partial charge on any atom is 0.270 e. The summed E-state index contributed by atoms with van der Waals surface area (Å²) in [7, 11) is -3.71. The SMILES string of the molecule is Cc1ccc([N+](=O)[O-])cc1S(=O)(=O)N1CCNCC1C.Cl. The van der Waals surface area contributed by atoms with E-state index in [9.17, 15) is 18.5 Å². The van der Waals surface area contributed by atoms with Crippen molar-refractivity contribution < 1.29 is 13.3 Å². The number of rotatable bonds is 3. The Morgan fingerprint density at radius 2 is 2.10 bits per heavy atom. The molecule has 7 nitrogen and oxygen atoms in total. The largest absolute Gasteiger partial charge is 0.314 e. The van der Waals surface area contributed by atoms with Crippen molar-refractivity contribution >= 4 is 28.1 Å². The van der Waals surface area contributed by atoms with Gasteiger partial charge in [-0.25, -0.2) is 8.42 Å². The third-order valence-electron chi connectivity index (χ3n) is 3.41. The van der Waals surface area contributed by atoms with Crippen molar-refractivity contribution in [3.8, 4) is 0 Å². The van der Waals surface area contributed by atoms with Crippen molar-refractivity contribution in [3.63, 3.8) is 0 Å². The maximum atomic E-state index is 12.7. The third kappa shape index (κ3) is 3.52. The summed E-state index contributed by atoms with van der Waals surface area (Å²) in [6.45, 7) is 4.98. The van der Waals surface area contributed by atoms with E-state index < -0.39 is 14.9 Å². The van der Waals surface area contributed by atoms with E-state index in [1.165, 1.54) is 16.4 Å². The van der Waals surface area contributed by atoms with E-state index in [4.69, 9.17) is 0 Å². The monoisotopic (exact) mass is 335 g/mol. The fourth-order valence-electron chi connectivity index (χ4n) is 2.29. The predicted molar refractivity (Wildman–Crippen MR) is 81.3 cm³/mol. The van der Waals surface area contributed by atoms with E-state index in [-0.39, 0.29) is 29.0 Å². The Bertz CT molecular complexity index is 635. The molecule has 0 aliphatic carbocycles. The van der Waals surface area contributed by atoms with Gasteiger partial charge in [-0.05, 0) is 19.4 Å². The molecule has 1 fully saturated rings. The first-order valence-corrected chi connectivity index (χ1v) is 7.75. The average Bonchev–Trinajstić information content (AvgIpc) is 2.39. The molecule has 1 heterocycles. The lowest BCUT2D eigenvalue weighted by Crippen LogP contribution is -2.52. The molecule has 1 saturated heterocycles. The summed E-state index contributed by atoms with van der Waals surface area (Å²) in [5, 5.41) is 13.9. The van der Waals surface area contributed by atoms with Gasteiger partial charge in [0.1, 0.15) is 0 Å². The molecule has 118 valence electrons. The molecule has 0 spiro atoms. The number of nitro benzene ring substituents is 1. The van der Waals surface area contributed by atoms with Crippen LogP contribution in [0.15, 0.2) is 23.1 Å². The fourth-order valence-corrected chi connectivity index (χ4v) is 4.16. The highest BCUT2D eigenvalue weighted by atomic mass is 35.5. The summed E-state index contributed by atoms with van der Waals surface area (Å²) in [5.74, 6) is 0. The summed E-state index contributed by atoms with van der Waals surface area (Å²) >= 11 is 0. The Morgan fingerprint density at radius 1 is 1.43 bits per heavy atom. The first-order valence-electron chi connectivity index (χ1n) is 6.31. The number of nitro groups is 1. The lowest BCUT2D eigenvalue weighted by Gasteiger charge is -2.33. The van der Waals surface area contributed by atoms with E-state index in [2.05, 4.69) is 5.32 Å². The van der Waals surface area contributed by atoms with Crippen molar-refractivity contribution in [1.29, 1.82) is 0 Å². The Labute approximate surface area is 129 Å². The van der Waals surface area contributed by atoms with Crippen LogP contribution in [-0.4, -0.2) is 43.3 Å². The van der Waals surface area contributed by atoms with Crippen LogP contribution in [0.1, 0.15) is 12.5 Å². The molecule has 1 unspecified atom stereocenters. The van der Waals surface area contributed by atoms with Gasteiger partial charge < -0.3 is 5.32 Å². The van der Waals surface area contributed by atoms with Crippen LogP contribution in [0.3, 0.4) is 0 Å². The molecule has 1 aromatic rings. The molecule has 1 N–H and O–H groups in total. The predicted octanol–water partition coefficient (Wildman–Crippen LogP) is 1.31. The summed E-state index contributed by atoms with van der Waals surface area (Å²) in [4.78, 5) is 10.2. The molecule has 9 heteroatoms. The van der Waals surface area contributed by atoms with Gasteiger partial charge in [-0.2, -0.15) is 4.31 Å². The molecule has 0 amide bonds. The lowest BCUT2D eigenvalue weighted by atomic mass is 10.2. The average molecular weight is 336 g/mol. The van der Waals surface area contributed by atoms with Gasteiger partial charge in [-0.3, -0.25) is 10.1 Å². The zero-order valence-corrected chi connectivity index (χ0v) is 13.4. The van der Waals surface area contributed by atoms with Gasteiger partial charge in [-0.1, -0.05) is 6.07 Å². The fraction of sp³-hybridized carbons (Fsp3) is 0.500. The molecule has 2 rings (SSSR count). The van der Waals surface area contributed by atoms with Gasteiger partial charge in [0.05, 0.1) is 9.82 Å². The van der Waals surface area contributed by atoms with E-state index in [1.54, 1.807) is 6.92 Å². The van der Waals surface area contributed by atoms with Crippen LogP contribution >= 0.6 is 12.4 Å². The molecular formula is C12H18ClN3O4S. The smallest absolute Gasteiger partial charge is 0.270 e. The zero-order valence-electron chi connectivity index (χ0n) is 11.8. The summed E-state index contributed by atoms with van der Waals surface area (Å²) < 4.78 is 26.7. The normalized spacial score (nSPS) is 19.8. The van der Waals surface area contributed by atoms with Crippen LogP contribution in [0.4, 0.5) is 5.69 Å². The van der Waals surface area contributed by atoms with Crippen LogP contribution in [0.2, 0.25) is 0 Å². The molecule has 0 saturated carbocycles. The van der Waals surface area contributed by atoms with Gasteiger partial charge in [-0.15, -0.1) is 12.4 Å². The van der Waals surface area contributed by atoms with Gasteiger partial charge in [0.2, 0.25) is 10.0 Å². The molecule has 0 aromatic heterocycles. The second-order valence-corrected chi connectivity index (χ2v) is 6.73. The van der Waals surface area contributed by atoms with Crippen molar-refractivity contribution in [1.82, 2.24) is 9.62 Å². The van der Waals surface area contributed by atoms with Crippen molar-refractivity contribution in [2.45, 2.75) is 24.8 Å². The number of benzene rings is 1. The van der Waals surface area contributed by atoms with Crippen molar-refractivity contribution in [2.24, 2.45) is 0 Å². The highest BCUT2D eigenvalue weighted by molar-refractivity contribution is 7.89. The highest BCUT2D eigenvalue weighted by Gasteiger charge is 2.32. The number of aryl methyl sites for hydroxylation is 1. The quantitative estimate of drug-likeness (QED) is 0.664. The minimum absolute atomic E-state index is 0. The minimum atomic E-state index is -3.71. The Balaban J connectivity index is 0.00000220. The van der Waals surface area contributed by atoms with Crippen molar-refractivity contribution in [3.05, 3.63) is 33.9 Å². The number of nitrogens with zero attached hydrogens (tertiary/aromatic N) is 2. The first-order chi connectivity index (χ1) is 9.34. The molecule has 21 heavy (non-hydrogen) atoms. The van der Waals surface area contributed by atoms with Gasteiger partial charge in [0, 0.05) is 37.8 Å². The van der Waals surface area contributed by atoms with Crippen LogP contribution in [0, 0.1) is 17.0 Å². The Morgan fingerprint density at radius 3 is 2.67 bits per heavy atom. The molecule has 0 radical (unpaired) electrons. The van der Waals surface area contributed by atoms with Gasteiger partial charge in [0.15, 0.2) is 0 Å². The molecule has 1 atom stereocenters. The van der Waals surface area contributed by atoms with E-state index in [1.807, 2.05) is 6.92 Å². The first kappa shape index (κ1) is 17.8. The zero-order chi connectivity index (χ0) is 14.9. The summed E-state index contributed by atoms with van der Waals surface area (Å²) in [6, 6.07) is 3.75. The molecule has 0 bridgehead atoms. The number of sulfonamides is 1. The van der Waals surface area contributed by atoms with Gasteiger partial charge in [0.25, 0.3) is 5.69 Å². The molecular weight excluding hydrogens is 318 g/mol. The summed E-state index contributed by atoms with van der Waals surface area (Å²) in [6.07, 6.45) is 0. The number of hydrogen-bond acceptors (Lipinski definition) is 5. The van der Waals surface area contributed by atoms with Crippen molar-refractivity contribution in [2.75, 3.05) is 19.6 Å². The van der Waals surface area contributed by atoms with E-state index in [0.717, 1.165) is 6.07 Å². The topological polar surface area (TPSA) is 92.5 Å². The number of piperazine rings is 1. The lowest BCUT2D eigenvalue weighted by molar-refractivity contribution is -0.385. The molecule has 1 aliphatic rings. The minimum Gasteiger partial charge on any atom is -0.314 e. The Hall–Kier alpha value is -1.22. The number of non-ortho nitro benzene ring substituents is 1. The number of halogens is 1. The standard InChI is InChI=1S/C12H17N3O4S.ClH/c1-9-3-4-11(15(16)17)7-12(9)20(18,19)14-6-5-13-8-10(14)2;/h3-4,7,10,13H,5-6,8H2,1-2H3;1H. The van der Waals surface area contributed by atoms with E-state index >= 15 is 0 Å². The van der Waals surface area contributed by atoms with Gasteiger partial charge >= 0.3 is 0 Å². The highest BCUT2D eigenvalue weighted by Crippen LogP contribution is 2.26. The van der Waals surface area contributed by atoms with E-state index in [0.29, 0.717) is 25.2 Å². The van der Waals surface area contributed by atoms with Crippen LogP contribution < -0.4 is 5.32 Å². The number of hydrogen-bond donors (Lipinski definition) is 1. The van der Waals surface area contributed by atoms with Crippen LogP contribution in [0.25, 0.3) is 0 Å². The number of nitrogens with one attached hydrogen (secondary N) is 1. The van der Waals surface area contributed by atoms with Crippen LogP contribution in [-0.2, 0) is 10.0 Å². The molecule has 1 aromatic carbocycles.